The Balaban J connectivity index is 2.27. The van der Waals surface area contributed by atoms with Crippen LogP contribution < -0.4 is 0 Å². The topological polar surface area (TPSA) is 70.5 Å². The van der Waals surface area contributed by atoms with Crippen LogP contribution in [0.1, 0.15) is 42.6 Å². The number of rotatable bonds is 3. The van der Waals surface area contributed by atoms with Crippen LogP contribution in [-0.2, 0) is 4.79 Å². The van der Waals surface area contributed by atoms with Gasteiger partial charge in [0.25, 0.3) is 5.91 Å². The van der Waals surface area contributed by atoms with Gasteiger partial charge in [-0.25, -0.2) is 9.78 Å². The van der Waals surface area contributed by atoms with Crippen molar-refractivity contribution in [2.45, 2.75) is 37.6 Å². The lowest BCUT2D eigenvalue weighted by Gasteiger charge is -2.40. The Bertz CT molecular complexity index is 510. The third-order valence-corrected chi connectivity index (χ3v) is 4.44. The molecule has 0 aliphatic heterocycles. The van der Waals surface area contributed by atoms with Gasteiger partial charge in [0, 0.05) is 17.7 Å². The average Bonchev–Trinajstić information content (AvgIpc) is 2.47. The van der Waals surface area contributed by atoms with E-state index in [4.69, 9.17) is 0 Å². The monoisotopic (exact) mass is 340 g/mol. The van der Waals surface area contributed by atoms with Crippen molar-refractivity contribution < 1.29 is 14.7 Å². The highest BCUT2D eigenvalue weighted by atomic mass is 79.9. The van der Waals surface area contributed by atoms with Crippen LogP contribution >= 0.6 is 15.9 Å². The second-order valence-electron chi connectivity index (χ2n) is 5.12. The Morgan fingerprint density at radius 1 is 1.30 bits per heavy atom. The van der Waals surface area contributed by atoms with Gasteiger partial charge in [-0.3, -0.25) is 4.79 Å². The van der Waals surface area contributed by atoms with Gasteiger partial charge in [-0.05, 0) is 40.9 Å². The summed E-state index contributed by atoms with van der Waals surface area (Å²) in [4.78, 5) is 29.5. The van der Waals surface area contributed by atoms with Crippen molar-refractivity contribution in [1.82, 2.24) is 9.88 Å². The maximum atomic E-state index is 12.4. The van der Waals surface area contributed by atoms with E-state index in [-0.39, 0.29) is 11.6 Å². The molecule has 1 aromatic heterocycles. The smallest absolute Gasteiger partial charge is 0.329 e. The lowest BCUT2D eigenvalue weighted by molar-refractivity contribution is -0.151. The van der Waals surface area contributed by atoms with Crippen molar-refractivity contribution in [3.05, 3.63) is 28.5 Å². The summed E-state index contributed by atoms with van der Waals surface area (Å²) >= 11 is 3.26. The Hall–Kier alpha value is -1.43. The van der Waals surface area contributed by atoms with Gasteiger partial charge in [-0.2, -0.15) is 0 Å². The number of aromatic nitrogens is 1. The second-order valence-corrected chi connectivity index (χ2v) is 6.04. The Morgan fingerprint density at radius 3 is 2.45 bits per heavy atom. The first-order valence-corrected chi connectivity index (χ1v) is 7.40. The van der Waals surface area contributed by atoms with E-state index in [1.54, 1.807) is 19.2 Å². The van der Waals surface area contributed by atoms with Crippen LogP contribution in [0.5, 0.6) is 0 Å². The summed E-state index contributed by atoms with van der Waals surface area (Å²) in [6, 6.07) is 3.32. The van der Waals surface area contributed by atoms with Gasteiger partial charge < -0.3 is 10.0 Å². The number of aliphatic carboxylic acids is 1. The molecule has 6 heteroatoms. The van der Waals surface area contributed by atoms with Gasteiger partial charge >= 0.3 is 5.97 Å². The summed E-state index contributed by atoms with van der Waals surface area (Å²) < 4.78 is 0.780. The van der Waals surface area contributed by atoms with Crippen molar-refractivity contribution in [2.75, 3.05) is 7.05 Å². The molecule has 1 fully saturated rings. The molecule has 1 aromatic rings. The third kappa shape index (κ3) is 2.70. The minimum Gasteiger partial charge on any atom is -0.479 e. The zero-order chi connectivity index (χ0) is 14.8. The minimum absolute atomic E-state index is 0.266. The molecule has 1 amide bonds. The van der Waals surface area contributed by atoms with Gasteiger partial charge in [0.05, 0.1) is 0 Å². The number of likely N-dealkylation sites (N-methyl/N-ethyl adjacent to an activating group) is 1. The van der Waals surface area contributed by atoms with Crippen LogP contribution in [0.2, 0.25) is 0 Å². The van der Waals surface area contributed by atoms with Crippen molar-refractivity contribution in [3.8, 4) is 0 Å². The molecule has 0 aromatic carbocycles. The quantitative estimate of drug-likeness (QED) is 0.918. The van der Waals surface area contributed by atoms with E-state index >= 15 is 0 Å². The average molecular weight is 341 g/mol. The molecule has 1 heterocycles. The molecule has 1 aliphatic rings. The molecule has 20 heavy (non-hydrogen) atoms. The van der Waals surface area contributed by atoms with Gasteiger partial charge in [0.1, 0.15) is 11.2 Å². The number of hydrogen-bond donors (Lipinski definition) is 1. The number of hydrogen-bond acceptors (Lipinski definition) is 3. The third-order valence-electron chi connectivity index (χ3n) is 3.97. The molecular formula is C14H17BrN2O3. The molecule has 1 saturated carbocycles. The maximum absolute atomic E-state index is 12.4. The van der Waals surface area contributed by atoms with E-state index in [0.717, 1.165) is 23.7 Å². The van der Waals surface area contributed by atoms with E-state index < -0.39 is 11.5 Å². The van der Waals surface area contributed by atoms with Crippen LogP contribution in [0, 0.1) is 0 Å². The summed E-state index contributed by atoms with van der Waals surface area (Å²) in [5.74, 6) is -1.27. The first-order chi connectivity index (χ1) is 9.47. The van der Waals surface area contributed by atoms with E-state index in [2.05, 4.69) is 20.9 Å². The summed E-state index contributed by atoms with van der Waals surface area (Å²) in [5.41, 5.74) is -0.828. The van der Waals surface area contributed by atoms with E-state index in [0.29, 0.717) is 12.8 Å². The fourth-order valence-corrected chi connectivity index (χ4v) is 2.93. The molecule has 2 rings (SSSR count). The SMILES string of the molecule is CN(C(=O)c1ccc(Br)cn1)C1(C(=O)O)CCCCC1. The number of pyridine rings is 1. The molecule has 1 N–H and O–H groups in total. The molecule has 0 atom stereocenters. The first-order valence-electron chi connectivity index (χ1n) is 6.60. The zero-order valence-corrected chi connectivity index (χ0v) is 12.9. The summed E-state index contributed by atoms with van der Waals surface area (Å²) in [5, 5.41) is 9.58. The Labute approximate surface area is 126 Å². The predicted molar refractivity (Wildman–Crippen MR) is 77.5 cm³/mol. The predicted octanol–water partition coefficient (Wildman–Crippen LogP) is 2.70. The highest BCUT2D eigenvalue weighted by Crippen LogP contribution is 2.34. The number of carbonyl (C=O) groups excluding carboxylic acids is 1. The highest BCUT2D eigenvalue weighted by molar-refractivity contribution is 9.10. The number of halogens is 1. The van der Waals surface area contributed by atoms with Crippen molar-refractivity contribution in [2.24, 2.45) is 0 Å². The van der Waals surface area contributed by atoms with Crippen LogP contribution in [0.15, 0.2) is 22.8 Å². The molecule has 0 saturated heterocycles. The second kappa shape index (κ2) is 5.91. The fraction of sp³-hybridized carbons (Fsp3) is 0.500. The van der Waals surface area contributed by atoms with E-state index in [9.17, 15) is 14.7 Å². The molecule has 1 aliphatic carbocycles. The molecule has 5 nitrogen and oxygen atoms in total. The highest BCUT2D eigenvalue weighted by Gasteiger charge is 2.45. The van der Waals surface area contributed by atoms with Gasteiger partial charge in [-0.1, -0.05) is 19.3 Å². The Morgan fingerprint density at radius 2 is 1.95 bits per heavy atom. The van der Waals surface area contributed by atoms with E-state index in [1.807, 2.05) is 0 Å². The van der Waals surface area contributed by atoms with Crippen LogP contribution in [0.25, 0.3) is 0 Å². The summed E-state index contributed by atoms with van der Waals surface area (Å²) in [6.07, 6.45) is 5.22. The standard InChI is InChI=1S/C14H17BrN2O3/c1-17(12(18)11-6-5-10(15)9-16-11)14(13(19)20)7-3-2-4-8-14/h5-6,9H,2-4,7-8H2,1H3,(H,19,20). The fourth-order valence-electron chi connectivity index (χ4n) is 2.70. The first kappa shape index (κ1) is 15.0. The molecule has 0 unspecified atom stereocenters. The molecule has 0 spiro atoms. The van der Waals surface area contributed by atoms with E-state index in [1.165, 1.54) is 11.1 Å². The molecular weight excluding hydrogens is 324 g/mol. The summed E-state index contributed by atoms with van der Waals surface area (Å²) in [6.45, 7) is 0. The van der Waals surface area contributed by atoms with Gasteiger partial charge in [0.15, 0.2) is 0 Å². The van der Waals surface area contributed by atoms with Crippen LogP contribution in [0.4, 0.5) is 0 Å². The molecule has 0 radical (unpaired) electrons. The zero-order valence-electron chi connectivity index (χ0n) is 11.3. The normalized spacial score (nSPS) is 17.5. The van der Waals surface area contributed by atoms with Crippen LogP contribution in [-0.4, -0.2) is 39.5 Å². The maximum Gasteiger partial charge on any atom is 0.329 e. The van der Waals surface area contributed by atoms with Crippen molar-refractivity contribution >= 4 is 27.8 Å². The number of amides is 1. The number of carboxylic acid groups (broad SMARTS) is 1. The van der Waals surface area contributed by atoms with Gasteiger partial charge in [-0.15, -0.1) is 0 Å². The van der Waals surface area contributed by atoms with Crippen LogP contribution in [0.3, 0.4) is 0 Å². The molecule has 0 bridgehead atoms. The Kier molecular flexibility index (Phi) is 4.42. The summed E-state index contributed by atoms with van der Waals surface area (Å²) in [7, 11) is 1.56. The molecule has 108 valence electrons. The van der Waals surface area contributed by atoms with Gasteiger partial charge in [0.2, 0.25) is 0 Å². The number of nitrogens with zero attached hydrogens (tertiary/aromatic N) is 2. The lowest BCUT2D eigenvalue weighted by Crippen LogP contribution is -2.56. The number of carboxylic acids is 1. The lowest BCUT2D eigenvalue weighted by atomic mass is 9.80. The number of carbonyl (C=O) groups is 2. The van der Waals surface area contributed by atoms with Crippen molar-refractivity contribution in [3.63, 3.8) is 0 Å². The largest absolute Gasteiger partial charge is 0.479 e. The van der Waals surface area contributed by atoms with Crippen molar-refractivity contribution in [1.29, 1.82) is 0 Å². The minimum atomic E-state index is -1.09.